The van der Waals surface area contributed by atoms with Crippen molar-refractivity contribution in [2.24, 2.45) is 4.74 Å². The summed E-state index contributed by atoms with van der Waals surface area (Å²) in [5, 5.41) is 4.11. The van der Waals surface area contributed by atoms with Crippen molar-refractivity contribution in [1.29, 1.82) is 0 Å². The van der Waals surface area contributed by atoms with Crippen LogP contribution in [0.15, 0.2) is 10.8 Å². The highest BCUT2D eigenvalue weighted by Gasteiger charge is 2.25. The summed E-state index contributed by atoms with van der Waals surface area (Å²) in [7, 11) is -1.24. The zero-order valence-electron chi connectivity index (χ0n) is 15.5. The zero-order chi connectivity index (χ0) is 18.0. The molecule has 0 unspecified atom stereocenters. The first-order valence-corrected chi connectivity index (χ1v) is 12.1. The molecule has 0 spiro atoms. The highest BCUT2D eigenvalue weighted by Crippen LogP contribution is 2.41. The number of aromatic nitrogens is 1. The maximum atomic E-state index is 12.0. The van der Waals surface area contributed by atoms with Crippen molar-refractivity contribution >= 4 is 35.5 Å². The minimum absolute atomic E-state index is 0.103. The number of rotatable bonds is 3. The van der Waals surface area contributed by atoms with Gasteiger partial charge >= 0.3 is 6.09 Å². The third-order valence-electron chi connectivity index (χ3n) is 3.34. The largest absolute Gasteiger partial charge is 0.444 e. The quantitative estimate of drug-likeness (QED) is 0.801. The number of alkyl carbamates (subject to hydrolysis) is 1. The lowest BCUT2D eigenvalue weighted by Crippen LogP contribution is -2.48. The van der Waals surface area contributed by atoms with Crippen LogP contribution in [0.2, 0.25) is 0 Å². The van der Waals surface area contributed by atoms with Gasteiger partial charge in [-0.3, -0.25) is 0 Å². The van der Waals surface area contributed by atoms with Crippen LogP contribution in [0.3, 0.4) is 0 Å². The SMILES string of the molecule is CC(C)(C)OC(=O)N[C@H]1CCCN(c2cc(N=P(C)(C)C)ns2)C1. The Morgan fingerprint density at radius 1 is 1.46 bits per heavy atom. The molecule has 0 saturated carbocycles. The van der Waals surface area contributed by atoms with Crippen molar-refractivity contribution in [3.05, 3.63) is 6.07 Å². The molecular weight excluding hydrogens is 343 g/mol. The van der Waals surface area contributed by atoms with Crippen LogP contribution in [-0.2, 0) is 4.74 Å². The number of carbonyl (C=O) groups excluding carboxylic acids is 1. The second-order valence-electron chi connectivity index (χ2n) is 8.00. The Bertz CT molecular complexity index is 624. The van der Waals surface area contributed by atoms with Crippen LogP contribution in [0.5, 0.6) is 0 Å². The second kappa shape index (κ2) is 7.44. The van der Waals surface area contributed by atoms with E-state index in [1.165, 1.54) is 11.5 Å². The van der Waals surface area contributed by atoms with Crippen LogP contribution >= 0.6 is 18.6 Å². The number of ether oxygens (including phenoxy) is 1. The molecule has 0 radical (unpaired) electrons. The molecule has 1 N–H and O–H groups in total. The Morgan fingerprint density at radius 3 is 2.79 bits per heavy atom. The maximum Gasteiger partial charge on any atom is 0.407 e. The fourth-order valence-corrected chi connectivity index (χ4v) is 4.03. The van der Waals surface area contributed by atoms with Crippen LogP contribution < -0.4 is 10.2 Å². The molecule has 1 fully saturated rings. The van der Waals surface area contributed by atoms with Crippen LogP contribution in [0, 0.1) is 0 Å². The van der Waals surface area contributed by atoms with E-state index in [0.717, 1.165) is 36.8 Å². The summed E-state index contributed by atoms with van der Waals surface area (Å²) < 4.78 is 14.5. The Kier molecular flexibility index (Phi) is 5.97. The molecule has 1 aromatic rings. The average Bonchev–Trinajstić information content (AvgIpc) is 2.82. The molecule has 1 amide bonds. The van der Waals surface area contributed by atoms with Crippen molar-refractivity contribution in [3.8, 4) is 0 Å². The Hall–Kier alpha value is -1.07. The zero-order valence-corrected chi connectivity index (χ0v) is 17.2. The minimum Gasteiger partial charge on any atom is -0.444 e. The molecular formula is C16H29N4O2PS. The fraction of sp³-hybridized carbons (Fsp3) is 0.750. The lowest BCUT2D eigenvalue weighted by atomic mass is 10.1. The molecule has 1 saturated heterocycles. The topological polar surface area (TPSA) is 66.8 Å². The lowest BCUT2D eigenvalue weighted by molar-refractivity contribution is 0.0500. The van der Waals surface area contributed by atoms with Crippen molar-refractivity contribution < 1.29 is 9.53 Å². The van der Waals surface area contributed by atoms with Crippen molar-refractivity contribution in [1.82, 2.24) is 9.69 Å². The van der Waals surface area contributed by atoms with E-state index in [0.29, 0.717) is 0 Å². The summed E-state index contributed by atoms with van der Waals surface area (Å²) in [5.74, 6) is 0.832. The van der Waals surface area contributed by atoms with Gasteiger partial charge in [0.15, 0.2) is 5.82 Å². The summed E-state index contributed by atoms with van der Waals surface area (Å²) in [6.45, 7) is 13.9. The third-order valence-corrected chi connectivity index (χ3v) is 4.99. The number of nitrogens with zero attached hydrogens (tertiary/aromatic N) is 3. The molecule has 24 heavy (non-hydrogen) atoms. The molecule has 8 heteroatoms. The first-order valence-electron chi connectivity index (χ1n) is 8.28. The molecule has 1 atom stereocenters. The molecule has 6 nitrogen and oxygen atoms in total. The van der Waals surface area contributed by atoms with Gasteiger partial charge in [0, 0.05) is 25.2 Å². The molecule has 0 aromatic carbocycles. The minimum atomic E-state index is -1.24. The third kappa shape index (κ3) is 6.44. The summed E-state index contributed by atoms with van der Waals surface area (Å²) in [6.07, 6.45) is 1.67. The number of nitrogens with one attached hydrogen (secondary N) is 1. The average molecular weight is 372 g/mol. The molecule has 1 aromatic heterocycles. The van der Waals surface area contributed by atoms with E-state index >= 15 is 0 Å². The van der Waals surface area contributed by atoms with Gasteiger partial charge in [0.05, 0.1) is 0 Å². The van der Waals surface area contributed by atoms with Gasteiger partial charge in [-0.25, -0.2) is 9.54 Å². The van der Waals surface area contributed by atoms with E-state index in [1.807, 2.05) is 20.8 Å². The van der Waals surface area contributed by atoms with E-state index < -0.39 is 12.7 Å². The van der Waals surface area contributed by atoms with Crippen LogP contribution in [0.25, 0.3) is 0 Å². The first kappa shape index (κ1) is 19.3. The molecule has 136 valence electrons. The summed E-state index contributed by atoms with van der Waals surface area (Å²) in [6, 6.07) is 2.16. The van der Waals surface area contributed by atoms with Gasteiger partial charge < -0.3 is 15.0 Å². The predicted octanol–water partition coefficient (Wildman–Crippen LogP) is 4.36. The Labute approximate surface area is 149 Å². The summed E-state index contributed by atoms with van der Waals surface area (Å²) in [5.41, 5.74) is -0.470. The number of piperidine rings is 1. The molecule has 0 bridgehead atoms. The van der Waals surface area contributed by atoms with Gasteiger partial charge in [-0.05, 0) is 72.2 Å². The molecule has 2 heterocycles. The smallest absolute Gasteiger partial charge is 0.407 e. The lowest BCUT2D eigenvalue weighted by Gasteiger charge is -2.33. The van der Waals surface area contributed by atoms with Crippen molar-refractivity contribution in [2.45, 2.75) is 45.3 Å². The number of amides is 1. The first-order chi connectivity index (χ1) is 11.0. The number of carbonyl (C=O) groups is 1. The van der Waals surface area contributed by atoms with E-state index in [-0.39, 0.29) is 12.1 Å². The van der Waals surface area contributed by atoms with Crippen molar-refractivity contribution in [3.63, 3.8) is 0 Å². The highest BCUT2D eigenvalue weighted by atomic mass is 32.1. The number of hydrogen-bond acceptors (Lipinski definition) is 6. The summed E-state index contributed by atoms with van der Waals surface area (Å²) in [4.78, 5) is 14.2. The van der Waals surface area contributed by atoms with Crippen LogP contribution in [0.4, 0.5) is 15.6 Å². The summed E-state index contributed by atoms with van der Waals surface area (Å²) >= 11 is 1.48. The molecule has 2 rings (SSSR count). The van der Waals surface area contributed by atoms with Crippen molar-refractivity contribution in [2.75, 3.05) is 38.0 Å². The number of anilines is 1. The molecule has 1 aliphatic heterocycles. The molecule has 1 aliphatic rings. The maximum absolute atomic E-state index is 12.0. The predicted molar refractivity (Wildman–Crippen MR) is 103 cm³/mol. The van der Waals surface area contributed by atoms with Gasteiger partial charge in [-0.15, -0.1) is 0 Å². The van der Waals surface area contributed by atoms with Gasteiger partial charge in [0.25, 0.3) is 0 Å². The van der Waals surface area contributed by atoms with Gasteiger partial charge in [0.1, 0.15) is 10.6 Å². The van der Waals surface area contributed by atoms with E-state index in [2.05, 4.69) is 40.7 Å². The normalized spacial score (nSPS) is 19.1. The fourth-order valence-electron chi connectivity index (χ4n) is 2.53. The second-order valence-corrected chi connectivity index (χ2v) is 12.9. The van der Waals surface area contributed by atoms with Gasteiger partial charge in [-0.1, -0.05) is 0 Å². The van der Waals surface area contributed by atoms with E-state index in [9.17, 15) is 4.79 Å². The standard InChI is InChI=1S/C16H29N4O2PS/c1-16(2,3)22-15(21)17-12-8-7-9-20(11-12)14-10-13(19-24-14)18-23(4,5)6/h10,12H,7-9,11H2,1-6H3,(H,17,21)/t12-/m0/s1. The van der Waals surface area contributed by atoms with Gasteiger partial charge in [-0.2, -0.15) is 4.37 Å². The monoisotopic (exact) mass is 372 g/mol. The van der Waals surface area contributed by atoms with E-state index in [4.69, 9.17) is 9.48 Å². The van der Waals surface area contributed by atoms with Gasteiger partial charge in [0.2, 0.25) is 0 Å². The van der Waals surface area contributed by atoms with E-state index in [1.54, 1.807) is 0 Å². The highest BCUT2D eigenvalue weighted by molar-refractivity contribution is 7.64. The van der Waals surface area contributed by atoms with Crippen LogP contribution in [-0.4, -0.2) is 55.2 Å². The molecule has 0 aliphatic carbocycles. The number of hydrogen-bond donors (Lipinski definition) is 1. The Morgan fingerprint density at radius 2 is 2.17 bits per heavy atom. The van der Waals surface area contributed by atoms with Crippen LogP contribution in [0.1, 0.15) is 33.6 Å². The Balaban J connectivity index is 1.97.